The van der Waals surface area contributed by atoms with Crippen molar-refractivity contribution in [3.05, 3.63) is 78.1 Å². The maximum atomic E-state index is 12.9. The van der Waals surface area contributed by atoms with Crippen molar-refractivity contribution in [3.8, 4) is 0 Å². The van der Waals surface area contributed by atoms with E-state index in [4.69, 9.17) is 4.74 Å². The van der Waals surface area contributed by atoms with Gasteiger partial charge in [0, 0.05) is 5.69 Å². The van der Waals surface area contributed by atoms with Gasteiger partial charge in [-0.15, -0.1) is 0 Å². The predicted molar refractivity (Wildman–Crippen MR) is 98.2 cm³/mol. The number of hydrogen-bond acceptors (Lipinski definition) is 3. The standard InChI is InChI=1S/C21H18FNO3/c1-14(21(25)23-19-10-8-18(22)9-11-19)26-20(24)13-15-6-7-16-4-2-3-5-17(16)12-15/h2-12,14H,13H2,1H3,(H,23,25)/t14-/m1/s1. The maximum Gasteiger partial charge on any atom is 0.311 e. The molecule has 3 rings (SSSR count). The van der Waals surface area contributed by atoms with Gasteiger partial charge in [0.25, 0.3) is 5.91 Å². The highest BCUT2D eigenvalue weighted by Gasteiger charge is 2.18. The van der Waals surface area contributed by atoms with Crippen molar-refractivity contribution < 1.29 is 18.7 Å². The van der Waals surface area contributed by atoms with E-state index in [2.05, 4.69) is 5.32 Å². The van der Waals surface area contributed by atoms with E-state index in [-0.39, 0.29) is 6.42 Å². The van der Waals surface area contributed by atoms with E-state index in [9.17, 15) is 14.0 Å². The molecule has 0 unspecified atom stereocenters. The third kappa shape index (κ3) is 4.45. The number of ether oxygens (including phenoxy) is 1. The van der Waals surface area contributed by atoms with Crippen molar-refractivity contribution in [1.29, 1.82) is 0 Å². The van der Waals surface area contributed by atoms with Crippen LogP contribution in [0.25, 0.3) is 10.8 Å². The molecule has 4 nitrogen and oxygen atoms in total. The van der Waals surface area contributed by atoms with Gasteiger partial charge >= 0.3 is 5.97 Å². The van der Waals surface area contributed by atoms with Gasteiger partial charge in [0.1, 0.15) is 5.82 Å². The van der Waals surface area contributed by atoms with Crippen LogP contribution in [-0.2, 0) is 20.7 Å². The number of carbonyl (C=O) groups is 2. The summed E-state index contributed by atoms with van der Waals surface area (Å²) in [6.45, 7) is 1.50. The fourth-order valence-electron chi connectivity index (χ4n) is 2.58. The minimum Gasteiger partial charge on any atom is -0.452 e. The molecule has 0 aromatic heterocycles. The van der Waals surface area contributed by atoms with Crippen LogP contribution in [0.5, 0.6) is 0 Å². The number of rotatable bonds is 5. The quantitative estimate of drug-likeness (QED) is 0.705. The summed E-state index contributed by atoms with van der Waals surface area (Å²) in [7, 11) is 0. The van der Waals surface area contributed by atoms with Crippen LogP contribution in [0.15, 0.2) is 66.7 Å². The Morgan fingerprint density at radius 1 is 1.00 bits per heavy atom. The Morgan fingerprint density at radius 3 is 2.42 bits per heavy atom. The first-order chi connectivity index (χ1) is 12.5. The van der Waals surface area contributed by atoms with Gasteiger partial charge in [-0.25, -0.2) is 4.39 Å². The Hall–Kier alpha value is -3.21. The molecule has 5 heteroatoms. The van der Waals surface area contributed by atoms with E-state index < -0.39 is 23.8 Å². The molecule has 3 aromatic rings. The van der Waals surface area contributed by atoms with E-state index in [0.29, 0.717) is 5.69 Å². The first-order valence-electron chi connectivity index (χ1n) is 8.25. The Bertz CT molecular complexity index is 937. The van der Waals surface area contributed by atoms with Crippen molar-refractivity contribution in [3.63, 3.8) is 0 Å². The molecule has 0 fully saturated rings. The molecule has 132 valence electrons. The third-order valence-corrected chi connectivity index (χ3v) is 3.95. The van der Waals surface area contributed by atoms with Crippen LogP contribution in [0.1, 0.15) is 12.5 Å². The Balaban J connectivity index is 1.57. The number of fused-ring (bicyclic) bond motifs is 1. The number of nitrogens with one attached hydrogen (secondary N) is 1. The Labute approximate surface area is 150 Å². The summed E-state index contributed by atoms with van der Waals surface area (Å²) in [6.07, 6.45) is -0.869. The number of amides is 1. The van der Waals surface area contributed by atoms with E-state index >= 15 is 0 Å². The van der Waals surface area contributed by atoms with Gasteiger partial charge in [-0.3, -0.25) is 9.59 Å². The monoisotopic (exact) mass is 351 g/mol. The number of benzene rings is 3. The first-order valence-corrected chi connectivity index (χ1v) is 8.25. The summed E-state index contributed by atoms with van der Waals surface area (Å²) < 4.78 is 18.1. The Kier molecular flexibility index (Phi) is 5.27. The number of hydrogen-bond donors (Lipinski definition) is 1. The molecule has 1 atom stereocenters. The van der Waals surface area contributed by atoms with Crippen molar-refractivity contribution >= 4 is 28.3 Å². The van der Waals surface area contributed by atoms with Gasteiger partial charge in [-0.05, 0) is 47.5 Å². The van der Waals surface area contributed by atoms with Crippen molar-refractivity contribution in [1.82, 2.24) is 0 Å². The van der Waals surface area contributed by atoms with Crippen LogP contribution in [0.2, 0.25) is 0 Å². The fraction of sp³-hybridized carbons (Fsp3) is 0.143. The summed E-state index contributed by atoms with van der Waals surface area (Å²) in [5, 5.41) is 4.72. The lowest BCUT2D eigenvalue weighted by molar-refractivity contribution is -0.152. The molecule has 0 aliphatic carbocycles. The van der Waals surface area contributed by atoms with Crippen LogP contribution in [0, 0.1) is 5.82 Å². The van der Waals surface area contributed by atoms with Gasteiger partial charge in [-0.2, -0.15) is 0 Å². The van der Waals surface area contributed by atoms with Crippen LogP contribution in [0.3, 0.4) is 0 Å². The molecule has 0 aliphatic rings. The number of anilines is 1. The van der Waals surface area contributed by atoms with Crippen molar-refractivity contribution in [2.45, 2.75) is 19.4 Å². The highest BCUT2D eigenvalue weighted by atomic mass is 19.1. The molecular weight excluding hydrogens is 333 g/mol. The largest absolute Gasteiger partial charge is 0.452 e. The number of esters is 1. The van der Waals surface area contributed by atoms with Crippen molar-refractivity contribution in [2.75, 3.05) is 5.32 Å². The molecule has 1 amide bonds. The molecule has 0 heterocycles. The lowest BCUT2D eigenvalue weighted by Crippen LogP contribution is -2.30. The molecule has 0 radical (unpaired) electrons. The molecule has 0 bridgehead atoms. The van der Waals surface area contributed by atoms with Gasteiger partial charge in [-0.1, -0.05) is 42.5 Å². The van der Waals surface area contributed by atoms with Crippen LogP contribution < -0.4 is 5.32 Å². The summed E-state index contributed by atoms with van der Waals surface area (Å²) in [4.78, 5) is 24.2. The molecule has 1 N–H and O–H groups in total. The topological polar surface area (TPSA) is 55.4 Å². The maximum absolute atomic E-state index is 12.9. The zero-order valence-corrected chi connectivity index (χ0v) is 14.2. The highest BCUT2D eigenvalue weighted by molar-refractivity contribution is 5.95. The van der Waals surface area contributed by atoms with Gasteiger partial charge in [0.15, 0.2) is 6.10 Å². The van der Waals surface area contributed by atoms with E-state index in [1.807, 2.05) is 42.5 Å². The zero-order valence-electron chi connectivity index (χ0n) is 14.2. The second-order valence-electron chi connectivity index (χ2n) is 5.99. The second kappa shape index (κ2) is 7.78. The zero-order chi connectivity index (χ0) is 18.5. The first kappa shape index (κ1) is 17.6. The average molecular weight is 351 g/mol. The van der Waals surface area contributed by atoms with E-state index in [1.165, 1.54) is 31.2 Å². The summed E-state index contributed by atoms with van der Waals surface area (Å²) in [5.74, 6) is -1.34. The predicted octanol–water partition coefficient (Wildman–Crippen LogP) is 4.09. The second-order valence-corrected chi connectivity index (χ2v) is 5.99. The minimum absolute atomic E-state index is 0.0823. The molecular formula is C21H18FNO3. The highest BCUT2D eigenvalue weighted by Crippen LogP contribution is 2.16. The van der Waals surface area contributed by atoms with Gasteiger partial charge < -0.3 is 10.1 Å². The number of halogens is 1. The molecule has 3 aromatic carbocycles. The molecule has 26 heavy (non-hydrogen) atoms. The van der Waals surface area contributed by atoms with E-state index in [1.54, 1.807) is 0 Å². The van der Waals surface area contributed by atoms with Gasteiger partial charge in [0.05, 0.1) is 6.42 Å². The average Bonchev–Trinajstić information content (AvgIpc) is 2.63. The smallest absolute Gasteiger partial charge is 0.311 e. The van der Waals surface area contributed by atoms with Crippen LogP contribution in [-0.4, -0.2) is 18.0 Å². The summed E-state index contributed by atoms with van der Waals surface area (Å²) >= 11 is 0. The van der Waals surface area contributed by atoms with Crippen molar-refractivity contribution in [2.24, 2.45) is 0 Å². The molecule has 0 aliphatic heterocycles. The lowest BCUT2D eigenvalue weighted by Gasteiger charge is -2.13. The fourth-order valence-corrected chi connectivity index (χ4v) is 2.58. The van der Waals surface area contributed by atoms with Crippen LogP contribution in [0.4, 0.5) is 10.1 Å². The molecule has 0 spiro atoms. The molecule has 0 saturated carbocycles. The molecule has 0 saturated heterocycles. The van der Waals surface area contributed by atoms with Crippen LogP contribution >= 0.6 is 0 Å². The summed E-state index contributed by atoms with van der Waals surface area (Å²) in [6, 6.07) is 19.0. The summed E-state index contributed by atoms with van der Waals surface area (Å²) in [5.41, 5.74) is 1.26. The minimum atomic E-state index is -0.951. The van der Waals surface area contributed by atoms with E-state index in [0.717, 1.165) is 16.3 Å². The normalized spacial score (nSPS) is 11.8. The lowest BCUT2D eigenvalue weighted by atomic mass is 10.1. The number of carbonyl (C=O) groups excluding carboxylic acids is 2. The van der Waals surface area contributed by atoms with Gasteiger partial charge in [0.2, 0.25) is 0 Å². The Morgan fingerprint density at radius 2 is 1.69 bits per heavy atom. The SMILES string of the molecule is C[C@@H](OC(=O)Cc1ccc2ccccc2c1)C(=O)Nc1ccc(F)cc1. The third-order valence-electron chi connectivity index (χ3n) is 3.95.